The predicted molar refractivity (Wildman–Crippen MR) is 161 cm³/mol. The second kappa shape index (κ2) is 11.9. The molecule has 0 bridgehead atoms. The van der Waals surface area contributed by atoms with Crippen LogP contribution in [-0.4, -0.2) is 24.9 Å². The van der Waals surface area contributed by atoms with Gasteiger partial charge in [-0.1, -0.05) is 95.9 Å². The number of thioether (sulfide) groups is 1. The van der Waals surface area contributed by atoms with Gasteiger partial charge in [0, 0.05) is 26.6 Å². The van der Waals surface area contributed by atoms with Gasteiger partial charge in [0.2, 0.25) is 0 Å². The lowest BCUT2D eigenvalue weighted by molar-refractivity contribution is 0.0694. The highest BCUT2D eigenvalue weighted by Crippen LogP contribution is 2.46. The summed E-state index contributed by atoms with van der Waals surface area (Å²) in [6.07, 6.45) is 0.797. The Labute approximate surface area is 230 Å². The van der Waals surface area contributed by atoms with E-state index in [1.165, 1.54) is 0 Å². The van der Waals surface area contributed by atoms with Crippen LogP contribution in [0.3, 0.4) is 0 Å². The lowest BCUT2D eigenvalue weighted by atomic mass is 9.82. The number of hydrogen-bond donors (Lipinski definition) is 1. The zero-order valence-electron chi connectivity index (χ0n) is 23.3. The predicted octanol–water partition coefficient (Wildman–Crippen LogP) is 9.87. The Morgan fingerprint density at radius 2 is 1.51 bits per heavy atom. The van der Waals surface area contributed by atoms with E-state index in [1.54, 1.807) is 0 Å². The van der Waals surface area contributed by atoms with Gasteiger partial charge in [-0.25, -0.2) is 0 Å². The molecule has 35 heavy (non-hydrogen) atoms. The molecule has 2 nitrogen and oxygen atoms in total. The number of rotatable bonds is 10. The number of nitrogens with one attached hydrogen (secondary N) is 1. The third-order valence-electron chi connectivity index (χ3n) is 7.05. The second-order valence-corrected chi connectivity index (χ2v) is 19.7. The first-order valence-electron chi connectivity index (χ1n) is 12.6. The summed E-state index contributed by atoms with van der Waals surface area (Å²) in [7, 11) is -2.15. The van der Waals surface area contributed by atoms with Gasteiger partial charge in [-0.2, -0.15) is 11.8 Å². The molecule has 0 aromatic heterocycles. The van der Waals surface area contributed by atoms with E-state index < -0.39 is 13.9 Å². The van der Waals surface area contributed by atoms with Gasteiger partial charge in [-0.05, 0) is 66.9 Å². The van der Waals surface area contributed by atoms with E-state index in [1.807, 2.05) is 36.0 Å². The van der Waals surface area contributed by atoms with Crippen molar-refractivity contribution in [2.24, 2.45) is 0 Å². The van der Waals surface area contributed by atoms with Crippen molar-refractivity contribution in [3.63, 3.8) is 0 Å². The smallest absolute Gasteiger partial charge is 0.193 e. The van der Waals surface area contributed by atoms with Crippen molar-refractivity contribution in [2.45, 2.75) is 102 Å². The SMILES string of the molecule is CC[C@@H](CSC(C)(C)C)N[C@](C)(c1ccc(Cl)cc1)[C@@H](O[Si](C)(C)C(C)(C)C)c1cccc(Cl)c1. The van der Waals surface area contributed by atoms with Crippen LogP contribution in [0, 0.1) is 0 Å². The molecule has 0 aliphatic rings. The van der Waals surface area contributed by atoms with Gasteiger partial charge in [0.1, 0.15) is 0 Å². The molecule has 6 heteroatoms. The summed E-state index contributed by atoms with van der Waals surface area (Å²) in [6.45, 7) is 22.9. The highest BCUT2D eigenvalue weighted by molar-refractivity contribution is 8.00. The zero-order chi connectivity index (χ0) is 26.7. The van der Waals surface area contributed by atoms with Crippen LogP contribution >= 0.6 is 35.0 Å². The minimum absolute atomic E-state index is 0.0664. The van der Waals surface area contributed by atoms with E-state index >= 15 is 0 Å². The summed E-state index contributed by atoms with van der Waals surface area (Å²) < 4.78 is 7.47. The lowest BCUT2D eigenvalue weighted by Gasteiger charge is -2.48. The Morgan fingerprint density at radius 3 is 2.00 bits per heavy atom. The molecule has 0 radical (unpaired) electrons. The Balaban J connectivity index is 2.67. The Morgan fingerprint density at radius 1 is 0.914 bits per heavy atom. The van der Waals surface area contributed by atoms with Crippen LogP contribution in [0.15, 0.2) is 48.5 Å². The molecule has 0 amide bonds. The van der Waals surface area contributed by atoms with Crippen molar-refractivity contribution in [3.8, 4) is 0 Å². The molecular weight excluding hydrogens is 509 g/mol. The fourth-order valence-corrected chi connectivity index (χ4v) is 6.46. The Hall–Kier alpha value is -0.493. The van der Waals surface area contributed by atoms with Crippen LogP contribution in [0.4, 0.5) is 0 Å². The van der Waals surface area contributed by atoms with Crippen molar-refractivity contribution in [1.82, 2.24) is 5.32 Å². The minimum Gasteiger partial charge on any atom is -0.408 e. The molecule has 0 fully saturated rings. The minimum atomic E-state index is -2.15. The highest BCUT2D eigenvalue weighted by Gasteiger charge is 2.46. The largest absolute Gasteiger partial charge is 0.408 e. The van der Waals surface area contributed by atoms with Crippen LogP contribution in [0.2, 0.25) is 28.2 Å². The van der Waals surface area contributed by atoms with Crippen LogP contribution in [0.5, 0.6) is 0 Å². The molecule has 0 heterocycles. The third-order valence-corrected chi connectivity index (χ3v) is 13.4. The maximum absolute atomic E-state index is 7.26. The van der Waals surface area contributed by atoms with Gasteiger partial charge in [-0.15, -0.1) is 0 Å². The number of halogens is 2. The quantitative estimate of drug-likeness (QED) is 0.295. The summed E-state index contributed by atoms with van der Waals surface area (Å²) in [5, 5.41) is 5.59. The lowest BCUT2D eigenvalue weighted by Crippen LogP contribution is -2.54. The standard InChI is InChI=1S/C29H45Cl2NOSSi/c1-11-25(20-34-27(2,3)4)32-29(8,22-15-17-23(30)18-16-22)26(21-13-12-14-24(31)19-21)33-35(9,10)28(5,6)7/h12-19,25-26,32H,11,20H2,1-10H3/t25-,26-,29+/m0/s1. The van der Waals surface area contributed by atoms with E-state index in [2.05, 4.69) is 98.1 Å². The van der Waals surface area contributed by atoms with E-state index in [9.17, 15) is 0 Å². The normalized spacial score (nSPS) is 16.6. The summed E-state index contributed by atoms with van der Waals surface area (Å²) in [5.41, 5.74) is 1.75. The molecule has 1 N–H and O–H groups in total. The van der Waals surface area contributed by atoms with Gasteiger partial charge in [0.05, 0.1) is 11.6 Å². The van der Waals surface area contributed by atoms with Crippen molar-refractivity contribution in [1.29, 1.82) is 0 Å². The fraction of sp³-hybridized carbons (Fsp3) is 0.586. The molecule has 2 aromatic carbocycles. The first kappa shape index (κ1) is 30.7. The van der Waals surface area contributed by atoms with E-state index in [-0.39, 0.29) is 15.9 Å². The second-order valence-electron chi connectivity index (χ2n) is 12.2. The Kier molecular flexibility index (Phi) is 10.5. The first-order valence-corrected chi connectivity index (χ1v) is 17.2. The van der Waals surface area contributed by atoms with E-state index in [0.717, 1.165) is 33.3 Å². The first-order chi connectivity index (χ1) is 16.0. The molecular formula is C29H45Cl2NOSSi. The molecule has 2 aromatic rings. The maximum atomic E-state index is 7.26. The van der Waals surface area contributed by atoms with Crippen LogP contribution < -0.4 is 5.32 Å². The summed E-state index contributed by atoms with van der Waals surface area (Å²) in [4.78, 5) is 0. The molecule has 0 unspecified atom stereocenters. The van der Waals surface area contributed by atoms with Gasteiger partial charge in [0.15, 0.2) is 8.32 Å². The monoisotopic (exact) mass is 553 g/mol. The van der Waals surface area contributed by atoms with Gasteiger partial charge >= 0.3 is 0 Å². The van der Waals surface area contributed by atoms with Crippen molar-refractivity contribution < 1.29 is 4.43 Å². The van der Waals surface area contributed by atoms with Crippen LogP contribution in [0.25, 0.3) is 0 Å². The zero-order valence-corrected chi connectivity index (χ0v) is 26.6. The van der Waals surface area contributed by atoms with Gasteiger partial charge in [-0.3, -0.25) is 0 Å². The fourth-order valence-electron chi connectivity index (χ4n) is 3.80. The molecule has 0 aliphatic heterocycles. The topological polar surface area (TPSA) is 21.3 Å². The highest BCUT2D eigenvalue weighted by atomic mass is 35.5. The molecule has 196 valence electrons. The average molecular weight is 555 g/mol. The number of benzene rings is 2. The van der Waals surface area contributed by atoms with E-state index in [0.29, 0.717) is 6.04 Å². The molecule has 3 atom stereocenters. The molecule has 0 saturated heterocycles. The summed E-state index contributed by atoms with van der Waals surface area (Å²) >= 11 is 14.8. The van der Waals surface area contributed by atoms with Crippen LogP contribution in [0.1, 0.15) is 79.0 Å². The van der Waals surface area contributed by atoms with Crippen molar-refractivity contribution in [2.75, 3.05) is 5.75 Å². The van der Waals surface area contributed by atoms with Gasteiger partial charge < -0.3 is 9.74 Å². The maximum Gasteiger partial charge on any atom is 0.193 e. The molecule has 2 rings (SSSR count). The molecule has 0 spiro atoms. The van der Waals surface area contributed by atoms with Crippen molar-refractivity contribution >= 4 is 43.3 Å². The van der Waals surface area contributed by atoms with Gasteiger partial charge in [0.25, 0.3) is 0 Å². The van der Waals surface area contributed by atoms with Crippen molar-refractivity contribution in [3.05, 3.63) is 69.7 Å². The third kappa shape index (κ3) is 8.51. The number of hydrogen-bond acceptors (Lipinski definition) is 3. The summed E-state index contributed by atoms with van der Waals surface area (Å²) in [6, 6.07) is 16.7. The summed E-state index contributed by atoms with van der Waals surface area (Å²) in [5.74, 6) is 1.02. The Bertz CT molecular complexity index is 952. The van der Waals surface area contributed by atoms with E-state index in [4.69, 9.17) is 27.6 Å². The molecule has 0 aliphatic carbocycles. The molecule has 0 saturated carbocycles. The average Bonchev–Trinajstić information content (AvgIpc) is 2.74. The van der Waals surface area contributed by atoms with Crippen LogP contribution in [-0.2, 0) is 9.96 Å².